The van der Waals surface area contributed by atoms with Gasteiger partial charge in [0.2, 0.25) is 5.91 Å². The molecule has 0 saturated heterocycles. The molecule has 0 aliphatic carbocycles. The average Bonchev–Trinajstić information content (AvgIpc) is 3.10. The summed E-state index contributed by atoms with van der Waals surface area (Å²) in [6.07, 6.45) is 0. The van der Waals surface area contributed by atoms with E-state index in [1.807, 2.05) is 0 Å². The molecule has 1 aromatic carbocycles. The van der Waals surface area contributed by atoms with Gasteiger partial charge in [-0.3, -0.25) is 25.0 Å². The molecule has 51 heavy (non-hydrogen) atoms. The van der Waals surface area contributed by atoms with E-state index in [2.05, 4.69) is 15.4 Å². The number of non-ortho nitro benzene ring substituents is 1. The second-order valence-electron chi connectivity index (χ2n) is 9.89. The molecule has 21 heteroatoms. The highest BCUT2D eigenvalue weighted by Crippen LogP contribution is 2.28. The number of carbonyl (C=O) groups excluding carboxylic acids is 1. The number of nitrogens with zero attached hydrogens (tertiary/aromatic N) is 2. The maximum Gasteiger partial charge on any atom is 0.329 e. The summed E-state index contributed by atoms with van der Waals surface area (Å²) in [6.45, 7) is 6.76. The van der Waals surface area contributed by atoms with Gasteiger partial charge in [-0.05, 0) is 6.07 Å². The number of nitro groups is 2. The number of carboxylic acids is 1. The first kappa shape index (κ1) is 45.4. The Morgan fingerprint density at radius 1 is 0.549 bits per heavy atom. The average molecular weight is 739 g/mol. The third kappa shape index (κ3) is 27.7. The van der Waals surface area contributed by atoms with Crippen molar-refractivity contribution >= 4 is 28.9 Å². The highest BCUT2D eigenvalue weighted by molar-refractivity contribution is 5.77. The molecule has 0 bridgehead atoms. The monoisotopic (exact) mass is 738 g/mol. The standard InChI is InChI=1S/C30H50N4O17/c35-29(24-51-25-30(36)37)32-4-6-43-8-10-45-12-14-47-16-18-49-20-22-50-21-19-48-17-15-46-13-11-44-9-7-42-5-3-31-27-2-1-26(33(38)39)23-28(27)34(40)41/h1-2,23,31H,3-22,24-25H2,(H,32,35)(H,36,37). The van der Waals surface area contributed by atoms with Gasteiger partial charge >= 0.3 is 5.97 Å². The second kappa shape index (κ2) is 32.3. The van der Waals surface area contributed by atoms with Crippen LogP contribution in [0, 0.1) is 20.2 Å². The van der Waals surface area contributed by atoms with Gasteiger partial charge in [0.25, 0.3) is 11.4 Å². The highest BCUT2D eigenvalue weighted by Gasteiger charge is 2.19. The van der Waals surface area contributed by atoms with Crippen LogP contribution in [-0.4, -0.2) is 172 Å². The molecule has 1 rings (SSSR count). The number of aliphatic carboxylic acids is 1. The van der Waals surface area contributed by atoms with Gasteiger partial charge in [-0.25, -0.2) is 4.79 Å². The second-order valence-corrected chi connectivity index (χ2v) is 9.89. The Labute approximate surface area is 295 Å². The molecule has 292 valence electrons. The number of hydrogen-bond donors (Lipinski definition) is 3. The molecule has 0 radical (unpaired) electrons. The molecule has 0 saturated carbocycles. The van der Waals surface area contributed by atoms with E-state index in [0.29, 0.717) is 112 Å². The minimum atomic E-state index is -1.13. The minimum Gasteiger partial charge on any atom is -0.480 e. The molecule has 0 atom stereocenters. The Hall–Kier alpha value is -3.64. The molecule has 0 spiro atoms. The van der Waals surface area contributed by atoms with Crippen LogP contribution in [0.2, 0.25) is 0 Å². The third-order valence-corrected chi connectivity index (χ3v) is 5.95. The fourth-order valence-corrected chi connectivity index (χ4v) is 3.60. The summed E-state index contributed by atoms with van der Waals surface area (Å²) < 4.78 is 53.3. The third-order valence-electron chi connectivity index (χ3n) is 5.95. The van der Waals surface area contributed by atoms with Gasteiger partial charge in [-0.15, -0.1) is 0 Å². The lowest BCUT2D eigenvalue weighted by Gasteiger charge is -2.09. The van der Waals surface area contributed by atoms with Crippen molar-refractivity contribution in [2.45, 2.75) is 0 Å². The van der Waals surface area contributed by atoms with E-state index in [1.165, 1.54) is 12.1 Å². The zero-order valence-electron chi connectivity index (χ0n) is 28.7. The SMILES string of the molecule is O=C(O)COCC(=O)NCCOCCOCCOCCOCCOCCOCCOCCOCCOCCNc1ccc([N+](=O)[O-])cc1[N+](=O)[O-]. The van der Waals surface area contributed by atoms with Crippen molar-refractivity contribution < 1.29 is 71.9 Å². The summed E-state index contributed by atoms with van der Waals surface area (Å²) >= 11 is 0. The molecular weight excluding hydrogens is 688 g/mol. The van der Waals surface area contributed by atoms with Crippen molar-refractivity contribution in [1.29, 1.82) is 0 Å². The Morgan fingerprint density at radius 2 is 0.941 bits per heavy atom. The lowest BCUT2D eigenvalue weighted by atomic mass is 10.2. The molecule has 0 aliphatic heterocycles. The summed E-state index contributed by atoms with van der Waals surface area (Å²) in [4.78, 5) is 42.2. The summed E-state index contributed by atoms with van der Waals surface area (Å²) in [6, 6.07) is 3.40. The first-order valence-electron chi connectivity index (χ1n) is 16.2. The zero-order valence-corrected chi connectivity index (χ0v) is 28.7. The number of amides is 1. The van der Waals surface area contributed by atoms with Crippen LogP contribution in [0.1, 0.15) is 0 Å². The number of benzene rings is 1. The maximum atomic E-state index is 11.4. The van der Waals surface area contributed by atoms with E-state index < -0.39 is 28.3 Å². The van der Waals surface area contributed by atoms with Gasteiger partial charge in [0.05, 0.1) is 135 Å². The topological polar surface area (TPSA) is 257 Å². The predicted octanol–water partition coefficient (Wildman–Crippen LogP) is 0.282. The van der Waals surface area contributed by atoms with Crippen molar-refractivity contribution in [3.63, 3.8) is 0 Å². The van der Waals surface area contributed by atoms with Crippen LogP contribution in [0.4, 0.5) is 17.1 Å². The van der Waals surface area contributed by atoms with Crippen LogP contribution < -0.4 is 10.6 Å². The first-order valence-corrected chi connectivity index (χ1v) is 16.2. The lowest BCUT2D eigenvalue weighted by Crippen LogP contribution is -2.31. The fourth-order valence-electron chi connectivity index (χ4n) is 3.60. The number of hydrogen-bond acceptors (Lipinski definition) is 17. The van der Waals surface area contributed by atoms with Crippen molar-refractivity contribution in [2.75, 3.05) is 151 Å². The summed E-state index contributed by atoms with van der Waals surface area (Å²) in [5.74, 6) is -1.55. The van der Waals surface area contributed by atoms with Crippen molar-refractivity contribution in [1.82, 2.24) is 5.32 Å². The minimum absolute atomic E-state index is 0.176. The van der Waals surface area contributed by atoms with Gasteiger partial charge in [0.1, 0.15) is 18.9 Å². The quantitative estimate of drug-likeness (QED) is 0.0470. The summed E-state index contributed by atoms with van der Waals surface area (Å²) in [5, 5.41) is 35.7. The molecular formula is C30H50N4O17. The Morgan fingerprint density at radius 3 is 1.31 bits per heavy atom. The maximum absolute atomic E-state index is 11.4. The van der Waals surface area contributed by atoms with Crippen LogP contribution in [0.3, 0.4) is 0 Å². The van der Waals surface area contributed by atoms with Crippen molar-refractivity contribution in [3.05, 3.63) is 38.4 Å². The number of anilines is 1. The van der Waals surface area contributed by atoms with E-state index >= 15 is 0 Å². The Kier molecular flexibility index (Phi) is 28.7. The van der Waals surface area contributed by atoms with Crippen LogP contribution in [0.15, 0.2) is 18.2 Å². The zero-order chi connectivity index (χ0) is 37.2. The normalized spacial score (nSPS) is 11.1. The number of carbonyl (C=O) groups is 2. The summed E-state index contributed by atoms with van der Waals surface area (Å²) in [7, 11) is 0. The van der Waals surface area contributed by atoms with Gasteiger partial charge in [-0.2, -0.15) is 0 Å². The lowest BCUT2D eigenvalue weighted by molar-refractivity contribution is -0.393. The molecule has 3 N–H and O–H groups in total. The number of rotatable bonds is 37. The van der Waals surface area contributed by atoms with Gasteiger partial charge < -0.3 is 63.1 Å². The predicted molar refractivity (Wildman–Crippen MR) is 177 cm³/mol. The van der Waals surface area contributed by atoms with Gasteiger partial charge in [-0.1, -0.05) is 0 Å². The molecule has 0 fully saturated rings. The molecule has 0 aliphatic rings. The largest absolute Gasteiger partial charge is 0.480 e. The molecule has 1 aromatic rings. The molecule has 0 heterocycles. The molecule has 0 aromatic heterocycles. The first-order chi connectivity index (χ1) is 24.8. The fraction of sp³-hybridized carbons (Fsp3) is 0.733. The van der Waals surface area contributed by atoms with E-state index in [4.69, 9.17) is 47.7 Å². The number of nitro benzene ring substituents is 2. The number of nitrogens with one attached hydrogen (secondary N) is 2. The molecule has 0 unspecified atom stereocenters. The van der Waals surface area contributed by atoms with Crippen molar-refractivity contribution in [2.24, 2.45) is 0 Å². The van der Waals surface area contributed by atoms with Crippen LogP contribution in [0.25, 0.3) is 0 Å². The number of carboxylic acid groups (broad SMARTS) is 1. The van der Waals surface area contributed by atoms with E-state index in [0.717, 1.165) is 6.07 Å². The molecule has 1 amide bonds. The van der Waals surface area contributed by atoms with E-state index in [-0.39, 0.29) is 43.4 Å². The smallest absolute Gasteiger partial charge is 0.329 e. The Balaban J connectivity index is 1.73. The molecule has 21 nitrogen and oxygen atoms in total. The van der Waals surface area contributed by atoms with Crippen LogP contribution in [0.5, 0.6) is 0 Å². The van der Waals surface area contributed by atoms with E-state index in [1.54, 1.807) is 0 Å². The van der Waals surface area contributed by atoms with Crippen LogP contribution >= 0.6 is 0 Å². The highest BCUT2D eigenvalue weighted by atomic mass is 16.6. The van der Waals surface area contributed by atoms with E-state index in [9.17, 15) is 29.8 Å². The van der Waals surface area contributed by atoms with Gasteiger partial charge in [0, 0.05) is 19.2 Å². The number of ether oxygens (including phenoxy) is 10. The van der Waals surface area contributed by atoms with Crippen LogP contribution in [-0.2, 0) is 57.0 Å². The van der Waals surface area contributed by atoms with Crippen molar-refractivity contribution in [3.8, 4) is 0 Å². The van der Waals surface area contributed by atoms with Gasteiger partial charge in [0.15, 0.2) is 0 Å². The Bertz CT molecular complexity index is 1090. The summed E-state index contributed by atoms with van der Waals surface area (Å²) in [5.41, 5.74) is -0.553.